The number of ether oxygens (including phenoxy) is 1. The Hall–Kier alpha value is -2.10. The van der Waals surface area contributed by atoms with E-state index in [1.807, 2.05) is 18.2 Å². The van der Waals surface area contributed by atoms with Gasteiger partial charge in [0.15, 0.2) is 0 Å². The number of sulfonamides is 1. The van der Waals surface area contributed by atoms with Gasteiger partial charge < -0.3 is 4.74 Å². The summed E-state index contributed by atoms with van der Waals surface area (Å²) in [6, 6.07) is 11.8. The standard InChI is InChI=1S/C26H31F3N2O3S/c27-26(28,29)21-4-1-3-19(13-21)14-24-23-16-22(8-7-20(23)15-25(24)31-10-2-11-31)34-12-9-30-35(32,33)17-18-5-6-18/h1,3-4,7-8,13,16,18,24-25,30H,2,5-6,9-12,14-15,17H2. The molecule has 2 aromatic carbocycles. The predicted octanol–water partition coefficient (Wildman–Crippen LogP) is 4.37. The third-order valence-corrected chi connectivity index (χ3v) is 8.88. The lowest BCUT2D eigenvalue weighted by Gasteiger charge is -2.39. The molecular weight excluding hydrogens is 477 g/mol. The highest BCUT2D eigenvalue weighted by molar-refractivity contribution is 7.89. The predicted molar refractivity (Wildman–Crippen MR) is 128 cm³/mol. The van der Waals surface area contributed by atoms with Crippen LogP contribution < -0.4 is 9.46 Å². The van der Waals surface area contributed by atoms with Crippen molar-refractivity contribution in [3.05, 3.63) is 64.7 Å². The minimum Gasteiger partial charge on any atom is -0.492 e. The van der Waals surface area contributed by atoms with E-state index in [-0.39, 0.29) is 30.9 Å². The van der Waals surface area contributed by atoms with Crippen LogP contribution in [0.3, 0.4) is 0 Å². The molecule has 1 aliphatic heterocycles. The smallest absolute Gasteiger partial charge is 0.416 e. The Morgan fingerprint density at radius 1 is 1.09 bits per heavy atom. The lowest BCUT2D eigenvalue weighted by molar-refractivity contribution is -0.137. The average Bonchev–Trinajstić information content (AvgIpc) is 3.50. The van der Waals surface area contributed by atoms with Crippen LogP contribution in [-0.2, 0) is 29.0 Å². The van der Waals surface area contributed by atoms with E-state index in [9.17, 15) is 21.6 Å². The zero-order valence-corrected chi connectivity index (χ0v) is 20.4. The summed E-state index contributed by atoms with van der Waals surface area (Å²) in [6.45, 7) is 2.46. The second kappa shape index (κ2) is 9.75. The van der Waals surface area contributed by atoms with Crippen LogP contribution in [0.4, 0.5) is 13.2 Å². The molecule has 0 aromatic heterocycles. The van der Waals surface area contributed by atoms with E-state index in [0.29, 0.717) is 23.7 Å². The van der Waals surface area contributed by atoms with Gasteiger partial charge in [-0.15, -0.1) is 0 Å². The number of halogens is 3. The Balaban J connectivity index is 1.28. The van der Waals surface area contributed by atoms with Crippen LogP contribution in [0.1, 0.15) is 47.4 Å². The molecule has 2 unspecified atom stereocenters. The first kappa shape index (κ1) is 24.6. The summed E-state index contributed by atoms with van der Waals surface area (Å²) in [5.74, 6) is 1.21. The van der Waals surface area contributed by atoms with Gasteiger partial charge in [0.2, 0.25) is 10.0 Å². The summed E-state index contributed by atoms with van der Waals surface area (Å²) < 4.78 is 72.3. The molecule has 190 valence electrons. The molecule has 3 aliphatic rings. The van der Waals surface area contributed by atoms with Crippen molar-refractivity contribution in [1.82, 2.24) is 9.62 Å². The van der Waals surface area contributed by atoms with Gasteiger partial charge in [-0.25, -0.2) is 13.1 Å². The van der Waals surface area contributed by atoms with Gasteiger partial charge in [0.25, 0.3) is 0 Å². The molecule has 0 spiro atoms. The number of likely N-dealkylation sites (tertiary alicyclic amines) is 1. The van der Waals surface area contributed by atoms with Crippen LogP contribution in [0.15, 0.2) is 42.5 Å². The summed E-state index contributed by atoms with van der Waals surface area (Å²) in [5, 5.41) is 0. The van der Waals surface area contributed by atoms with E-state index in [2.05, 4.69) is 9.62 Å². The monoisotopic (exact) mass is 508 g/mol. The van der Waals surface area contributed by atoms with E-state index in [4.69, 9.17) is 4.74 Å². The maximum absolute atomic E-state index is 13.3. The minimum absolute atomic E-state index is 0.0781. The van der Waals surface area contributed by atoms with Crippen LogP contribution in [0.2, 0.25) is 0 Å². The molecule has 0 radical (unpaired) electrons. The molecular formula is C26H31F3N2O3S. The first-order valence-corrected chi connectivity index (χ1v) is 14.0. The maximum atomic E-state index is 13.3. The van der Waals surface area contributed by atoms with E-state index in [1.54, 1.807) is 6.07 Å². The van der Waals surface area contributed by atoms with Crippen molar-refractivity contribution < 1.29 is 26.3 Å². The molecule has 1 N–H and O–H groups in total. The molecule has 0 amide bonds. The molecule has 5 nitrogen and oxygen atoms in total. The lowest BCUT2D eigenvalue weighted by atomic mass is 9.88. The molecule has 35 heavy (non-hydrogen) atoms. The second-order valence-electron chi connectivity index (χ2n) is 10.00. The number of fused-ring (bicyclic) bond motifs is 1. The lowest BCUT2D eigenvalue weighted by Crippen LogP contribution is -2.47. The summed E-state index contributed by atoms with van der Waals surface area (Å²) in [6.07, 6.45) is 0.151. The van der Waals surface area contributed by atoms with Gasteiger partial charge in [0.1, 0.15) is 12.4 Å². The van der Waals surface area contributed by atoms with Crippen molar-refractivity contribution in [1.29, 1.82) is 0 Å². The molecule has 5 rings (SSSR count). The Morgan fingerprint density at radius 3 is 2.57 bits per heavy atom. The van der Waals surface area contributed by atoms with Gasteiger partial charge in [-0.1, -0.05) is 24.3 Å². The number of alkyl halides is 3. The van der Waals surface area contributed by atoms with Crippen molar-refractivity contribution in [2.75, 3.05) is 32.0 Å². The Kier molecular flexibility index (Phi) is 6.85. The first-order chi connectivity index (χ1) is 16.7. The molecule has 9 heteroatoms. The molecule has 1 heterocycles. The van der Waals surface area contributed by atoms with Crippen molar-refractivity contribution in [3.63, 3.8) is 0 Å². The fraction of sp³-hybridized carbons (Fsp3) is 0.538. The molecule has 2 aromatic rings. The quantitative estimate of drug-likeness (QED) is 0.485. The fourth-order valence-corrected chi connectivity index (χ4v) is 6.69. The van der Waals surface area contributed by atoms with Crippen molar-refractivity contribution in [3.8, 4) is 5.75 Å². The number of rotatable bonds is 10. The Bertz CT molecular complexity index is 1160. The summed E-state index contributed by atoms with van der Waals surface area (Å²) in [4.78, 5) is 2.42. The van der Waals surface area contributed by atoms with Crippen LogP contribution in [-0.4, -0.2) is 51.4 Å². The third-order valence-electron chi connectivity index (χ3n) is 7.32. The number of hydrogen-bond donors (Lipinski definition) is 1. The average molecular weight is 509 g/mol. The summed E-state index contributed by atoms with van der Waals surface area (Å²) >= 11 is 0. The zero-order chi connectivity index (χ0) is 24.6. The summed E-state index contributed by atoms with van der Waals surface area (Å²) in [5.41, 5.74) is 2.39. The highest BCUT2D eigenvalue weighted by atomic mass is 32.2. The zero-order valence-electron chi connectivity index (χ0n) is 19.6. The maximum Gasteiger partial charge on any atom is 0.416 e. The van der Waals surface area contributed by atoms with Gasteiger partial charge in [-0.3, -0.25) is 4.90 Å². The summed E-state index contributed by atoms with van der Waals surface area (Å²) in [7, 11) is -3.27. The van der Waals surface area contributed by atoms with Gasteiger partial charge >= 0.3 is 6.18 Å². The number of nitrogens with zero attached hydrogens (tertiary/aromatic N) is 1. The van der Waals surface area contributed by atoms with Crippen molar-refractivity contribution >= 4 is 10.0 Å². The SMILES string of the molecule is O=S(=O)(CC1CC1)NCCOc1ccc2c(c1)C(Cc1cccc(C(F)(F)F)c1)C(N1CCC1)C2. The van der Waals surface area contributed by atoms with Gasteiger partial charge in [0, 0.05) is 18.5 Å². The number of benzene rings is 2. The highest BCUT2D eigenvalue weighted by Gasteiger charge is 2.39. The van der Waals surface area contributed by atoms with E-state index < -0.39 is 21.8 Å². The molecule has 2 fully saturated rings. The molecule has 2 atom stereocenters. The molecule has 1 saturated heterocycles. The topological polar surface area (TPSA) is 58.6 Å². The van der Waals surface area contributed by atoms with Crippen LogP contribution in [0, 0.1) is 5.92 Å². The van der Waals surface area contributed by atoms with Crippen molar-refractivity contribution in [2.45, 2.75) is 50.2 Å². The van der Waals surface area contributed by atoms with Crippen molar-refractivity contribution in [2.24, 2.45) is 5.92 Å². The Morgan fingerprint density at radius 2 is 1.89 bits per heavy atom. The largest absolute Gasteiger partial charge is 0.492 e. The Labute approximate surface area is 204 Å². The molecule has 2 aliphatic carbocycles. The van der Waals surface area contributed by atoms with Crippen LogP contribution in [0.5, 0.6) is 5.75 Å². The van der Waals surface area contributed by atoms with Gasteiger partial charge in [-0.05, 0) is 86.0 Å². The fourth-order valence-electron chi connectivity index (χ4n) is 5.22. The minimum atomic E-state index is -4.36. The van der Waals surface area contributed by atoms with E-state index >= 15 is 0 Å². The van der Waals surface area contributed by atoms with Gasteiger partial charge in [-0.2, -0.15) is 13.2 Å². The van der Waals surface area contributed by atoms with Crippen LogP contribution in [0.25, 0.3) is 0 Å². The first-order valence-electron chi connectivity index (χ1n) is 12.3. The molecule has 0 bridgehead atoms. The van der Waals surface area contributed by atoms with E-state index in [1.165, 1.54) is 17.7 Å². The number of hydrogen-bond acceptors (Lipinski definition) is 4. The normalized spacial score (nSPS) is 22.6. The van der Waals surface area contributed by atoms with Gasteiger partial charge in [0.05, 0.1) is 11.3 Å². The third kappa shape index (κ3) is 6.01. The number of nitrogens with one attached hydrogen (secondary N) is 1. The highest BCUT2D eigenvalue weighted by Crippen LogP contribution is 2.42. The van der Waals surface area contributed by atoms with E-state index in [0.717, 1.165) is 50.4 Å². The van der Waals surface area contributed by atoms with Crippen LogP contribution >= 0.6 is 0 Å². The second-order valence-corrected chi connectivity index (χ2v) is 11.8. The molecule has 1 saturated carbocycles.